The molecule has 0 spiro atoms. The molecule has 1 saturated heterocycles. The van der Waals surface area contributed by atoms with Crippen LogP contribution < -0.4 is 5.32 Å². The first-order valence-electron chi connectivity index (χ1n) is 7.59. The number of hydrogen-bond donors (Lipinski definition) is 1. The minimum absolute atomic E-state index is 0.265. The minimum Gasteiger partial charge on any atom is -0.315 e. The second-order valence-electron chi connectivity index (χ2n) is 5.56. The van der Waals surface area contributed by atoms with Crippen molar-refractivity contribution in [1.29, 1.82) is 0 Å². The lowest BCUT2D eigenvalue weighted by Crippen LogP contribution is -2.45. The van der Waals surface area contributed by atoms with Gasteiger partial charge >= 0.3 is 0 Å². The zero-order valence-electron chi connectivity index (χ0n) is 12.2. The first-order chi connectivity index (χ1) is 9.70. The number of nitrogens with one attached hydrogen (secondary N) is 1. The molecule has 1 N–H and O–H groups in total. The van der Waals surface area contributed by atoms with E-state index in [-0.39, 0.29) is 5.82 Å². The minimum atomic E-state index is -0.265. The Morgan fingerprint density at radius 2 is 2.25 bits per heavy atom. The van der Waals surface area contributed by atoms with Gasteiger partial charge in [-0.1, -0.05) is 31.0 Å². The lowest BCUT2D eigenvalue weighted by molar-refractivity contribution is 0.137. The van der Waals surface area contributed by atoms with Crippen LogP contribution in [-0.2, 0) is 6.54 Å². The summed E-state index contributed by atoms with van der Waals surface area (Å²) in [6.45, 7) is 6.21. The third kappa shape index (κ3) is 4.44. The molecule has 1 aliphatic heterocycles. The molecule has 4 heteroatoms. The molecule has 0 bridgehead atoms. The van der Waals surface area contributed by atoms with E-state index in [1.165, 1.54) is 31.4 Å². The molecular weight excluding hydrogens is 275 g/mol. The van der Waals surface area contributed by atoms with Crippen LogP contribution in [0.15, 0.2) is 18.2 Å². The van der Waals surface area contributed by atoms with Crippen molar-refractivity contribution in [3.05, 3.63) is 34.6 Å². The van der Waals surface area contributed by atoms with Crippen LogP contribution in [0.4, 0.5) is 4.39 Å². The van der Waals surface area contributed by atoms with Gasteiger partial charge in [-0.15, -0.1) is 0 Å². The molecule has 20 heavy (non-hydrogen) atoms. The first-order valence-corrected chi connectivity index (χ1v) is 7.97. The van der Waals surface area contributed by atoms with Crippen LogP contribution in [0.5, 0.6) is 0 Å². The van der Waals surface area contributed by atoms with Gasteiger partial charge in [0, 0.05) is 24.2 Å². The van der Waals surface area contributed by atoms with Gasteiger partial charge in [0.05, 0.1) is 0 Å². The Morgan fingerprint density at radius 3 is 3.00 bits per heavy atom. The summed E-state index contributed by atoms with van der Waals surface area (Å²) in [5.41, 5.74) is 1.02. The fourth-order valence-corrected chi connectivity index (χ4v) is 3.04. The van der Waals surface area contributed by atoms with E-state index in [0.29, 0.717) is 11.1 Å². The van der Waals surface area contributed by atoms with Crippen molar-refractivity contribution in [3.63, 3.8) is 0 Å². The highest BCUT2D eigenvalue weighted by atomic mass is 35.5. The van der Waals surface area contributed by atoms with Crippen molar-refractivity contribution in [1.82, 2.24) is 10.2 Å². The zero-order valence-corrected chi connectivity index (χ0v) is 12.9. The molecule has 0 amide bonds. The van der Waals surface area contributed by atoms with Crippen LogP contribution >= 0.6 is 11.6 Å². The van der Waals surface area contributed by atoms with Gasteiger partial charge in [0.1, 0.15) is 5.82 Å². The third-order valence-corrected chi connectivity index (χ3v) is 4.30. The Balaban J connectivity index is 1.97. The van der Waals surface area contributed by atoms with Crippen LogP contribution in [0, 0.1) is 5.82 Å². The largest absolute Gasteiger partial charge is 0.315 e. The standard InChI is InChI=1S/C16H24ClFN2/c1-2-8-19-11-15-5-3-4-9-20(15)12-13-6-7-14(18)10-16(13)17/h6-7,10,15,19H,2-5,8-9,11-12H2,1H3. The van der Waals surface area contributed by atoms with E-state index in [9.17, 15) is 4.39 Å². The summed E-state index contributed by atoms with van der Waals surface area (Å²) in [6, 6.07) is 5.28. The average Bonchev–Trinajstić information content (AvgIpc) is 2.44. The van der Waals surface area contributed by atoms with Gasteiger partial charge in [-0.05, 0) is 50.0 Å². The molecule has 2 rings (SSSR count). The van der Waals surface area contributed by atoms with E-state index in [0.717, 1.165) is 38.2 Å². The third-order valence-electron chi connectivity index (χ3n) is 3.94. The monoisotopic (exact) mass is 298 g/mol. The predicted octanol–water partition coefficient (Wildman–Crippen LogP) is 3.83. The van der Waals surface area contributed by atoms with Crippen molar-refractivity contribution in [2.45, 2.75) is 45.2 Å². The molecule has 1 aromatic carbocycles. The van der Waals surface area contributed by atoms with Crippen LogP contribution in [0.3, 0.4) is 0 Å². The second-order valence-corrected chi connectivity index (χ2v) is 5.97. The number of nitrogens with zero attached hydrogens (tertiary/aromatic N) is 1. The molecular formula is C16H24ClFN2. The molecule has 0 radical (unpaired) electrons. The molecule has 1 atom stereocenters. The van der Waals surface area contributed by atoms with Gasteiger partial charge < -0.3 is 5.32 Å². The number of halogens is 2. The van der Waals surface area contributed by atoms with Crippen molar-refractivity contribution in [3.8, 4) is 0 Å². The molecule has 1 unspecified atom stereocenters. The van der Waals surface area contributed by atoms with Crippen LogP contribution in [0.1, 0.15) is 38.2 Å². The predicted molar refractivity (Wildman–Crippen MR) is 82.6 cm³/mol. The van der Waals surface area contributed by atoms with E-state index in [4.69, 9.17) is 11.6 Å². The lowest BCUT2D eigenvalue weighted by atomic mass is 10.0. The van der Waals surface area contributed by atoms with Crippen LogP contribution in [-0.4, -0.2) is 30.6 Å². The molecule has 112 valence electrons. The van der Waals surface area contributed by atoms with Crippen molar-refractivity contribution in [2.75, 3.05) is 19.6 Å². The average molecular weight is 299 g/mol. The Labute approximate surface area is 126 Å². The summed E-state index contributed by atoms with van der Waals surface area (Å²) >= 11 is 6.14. The maximum Gasteiger partial charge on any atom is 0.124 e. The fraction of sp³-hybridized carbons (Fsp3) is 0.625. The van der Waals surface area contributed by atoms with E-state index in [1.54, 1.807) is 0 Å². The van der Waals surface area contributed by atoms with Crippen molar-refractivity contribution in [2.24, 2.45) is 0 Å². The van der Waals surface area contributed by atoms with Crippen molar-refractivity contribution < 1.29 is 4.39 Å². The van der Waals surface area contributed by atoms with Gasteiger partial charge in [0.25, 0.3) is 0 Å². The molecule has 1 aliphatic rings. The second kappa shape index (κ2) is 7.96. The van der Waals surface area contributed by atoms with Gasteiger partial charge in [0.2, 0.25) is 0 Å². The molecule has 0 aromatic heterocycles. The van der Waals surface area contributed by atoms with E-state index in [2.05, 4.69) is 17.1 Å². The molecule has 1 heterocycles. The van der Waals surface area contributed by atoms with Crippen LogP contribution in [0.25, 0.3) is 0 Å². The van der Waals surface area contributed by atoms with E-state index < -0.39 is 0 Å². The number of rotatable bonds is 6. The Bertz CT molecular complexity index is 425. The van der Waals surface area contributed by atoms with Gasteiger partial charge in [0.15, 0.2) is 0 Å². The molecule has 0 saturated carbocycles. The highest BCUT2D eigenvalue weighted by Crippen LogP contribution is 2.23. The first kappa shape index (κ1) is 15.7. The number of piperidine rings is 1. The summed E-state index contributed by atoms with van der Waals surface area (Å²) in [5, 5.41) is 4.05. The summed E-state index contributed by atoms with van der Waals surface area (Å²) < 4.78 is 13.1. The smallest absolute Gasteiger partial charge is 0.124 e. The Kier molecular flexibility index (Phi) is 6.27. The number of likely N-dealkylation sites (tertiary alicyclic amines) is 1. The van der Waals surface area contributed by atoms with Gasteiger partial charge in [-0.25, -0.2) is 4.39 Å². The van der Waals surface area contributed by atoms with Gasteiger partial charge in [-0.3, -0.25) is 4.90 Å². The maximum absolute atomic E-state index is 13.1. The molecule has 2 nitrogen and oxygen atoms in total. The lowest BCUT2D eigenvalue weighted by Gasteiger charge is -2.36. The number of hydrogen-bond acceptors (Lipinski definition) is 2. The summed E-state index contributed by atoms with van der Waals surface area (Å²) in [4.78, 5) is 2.48. The summed E-state index contributed by atoms with van der Waals surface area (Å²) in [5.74, 6) is -0.265. The topological polar surface area (TPSA) is 15.3 Å². The molecule has 1 fully saturated rings. The zero-order chi connectivity index (χ0) is 14.4. The molecule has 0 aliphatic carbocycles. The summed E-state index contributed by atoms with van der Waals surface area (Å²) in [7, 11) is 0. The van der Waals surface area contributed by atoms with Gasteiger partial charge in [-0.2, -0.15) is 0 Å². The Hall–Kier alpha value is -0.640. The number of benzene rings is 1. The maximum atomic E-state index is 13.1. The van der Waals surface area contributed by atoms with Crippen molar-refractivity contribution >= 4 is 11.6 Å². The fourth-order valence-electron chi connectivity index (χ4n) is 2.81. The van der Waals surface area contributed by atoms with E-state index in [1.807, 2.05) is 6.07 Å². The highest BCUT2D eigenvalue weighted by molar-refractivity contribution is 6.31. The summed E-state index contributed by atoms with van der Waals surface area (Å²) in [6.07, 6.45) is 4.93. The Morgan fingerprint density at radius 1 is 1.40 bits per heavy atom. The normalized spacial score (nSPS) is 20.2. The van der Waals surface area contributed by atoms with E-state index >= 15 is 0 Å². The van der Waals surface area contributed by atoms with Crippen LogP contribution in [0.2, 0.25) is 5.02 Å². The highest BCUT2D eigenvalue weighted by Gasteiger charge is 2.22. The SMILES string of the molecule is CCCNCC1CCCCN1Cc1ccc(F)cc1Cl. The quantitative estimate of drug-likeness (QED) is 0.803. The molecule has 1 aromatic rings.